The van der Waals surface area contributed by atoms with E-state index in [-0.39, 0.29) is 41.9 Å². The number of benzene rings is 1. The van der Waals surface area contributed by atoms with Gasteiger partial charge < -0.3 is 20.7 Å². The fourth-order valence-corrected chi connectivity index (χ4v) is 6.04. The van der Waals surface area contributed by atoms with E-state index in [0.29, 0.717) is 18.5 Å². The molecule has 1 saturated carbocycles. The molecular weight excluding hydrogens is 525 g/mol. The number of rotatable bonds is 5. The van der Waals surface area contributed by atoms with E-state index < -0.39 is 23.4 Å². The van der Waals surface area contributed by atoms with Crippen LogP contribution in [0.2, 0.25) is 0 Å². The average Bonchev–Trinajstić information content (AvgIpc) is 3.41. The van der Waals surface area contributed by atoms with E-state index in [0.717, 1.165) is 43.0 Å². The first-order valence-corrected chi connectivity index (χ1v) is 13.7. The smallest absolute Gasteiger partial charge is 0.421 e. The van der Waals surface area contributed by atoms with Crippen molar-refractivity contribution < 1.29 is 27.5 Å². The number of anilines is 3. The number of carbonyl (C=O) groups is 2. The van der Waals surface area contributed by atoms with Gasteiger partial charge in [-0.25, -0.2) is 9.78 Å². The minimum absolute atomic E-state index is 0.00879. The number of aromatic nitrogens is 2. The third kappa shape index (κ3) is 5.80. The van der Waals surface area contributed by atoms with E-state index in [2.05, 4.69) is 25.9 Å². The second kappa shape index (κ2) is 10.4. The van der Waals surface area contributed by atoms with Crippen molar-refractivity contribution in [1.29, 1.82) is 0 Å². The predicted octanol–water partition coefficient (Wildman–Crippen LogP) is 6.22. The molecule has 216 valence electrons. The number of hydrogen-bond acceptors (Lipinski definition) is 7. The third-order valence-corrected chi connectivity index (χ3v) is 7.62. The Balaban J connectivity index is 1.38. The molecule has 1 aromatic heterocycles. The van der Waals surface area contributed by atoms with E-state index in [4.69, 9.17) is 4.74 Å². The molecule has 40 heavy (non-hydrogen) atoms. The maximum Gasteiger partial charge on any atom is 0.421 e. The minimum atomic E-state index is -4.66. The van der Waals surface area contributed by atoms with Crippen molar-refractivity contribution in [2.45, 2.75) is 102 Å². The number of nitrogens with zero attached hydrogens (tertiary/aromatic N) is 3. The summed E-state index contributed by atoms with van der Waals surface area (Å²) in [6, 6.07) is 4.78. The summed E-state index contributed by atoms with van der Waals surface area (Å²) < 4.78 is 47.2. The van der Waals surface area contributed by atoms with Gasteiger partial charge in [0.05, 0.1) is 12.1 Å². The van der Waals surface area contributed by atoms with Gasteiger partial charge in [0.2, 0.25) is 11.9 Å². The van der Waals surface area contributed by atoms with Crippen LogP contribution >= 0.6 is 0 Å². The Morgan fingerprint density at radius 1 is 1.00 bits per heavy atom. The highest BCUT2D eigenvalue weighted by Crippen LogP contribution is 2.54. The first-order chi connectivity index (χ1) is 18.8. The van der Waals surface area contributed by atoms with Gasteiger partial charge in [-0.3, -0.25) is 9.69 Å². The number of amides is 2. The Morgan fingerprint density at radius 3 is 2.33 bits per heavy atom. The first-order valence-electron chi connectivity index (χ1n) is 13.7. The number of alkyl halides is 3. The Labute approximate surface area is 231 Å². The molecule has 2 fully saturated rings. The second-order valence-electron chi connectivity index (χ2n) is 11.8. The van der Waals surface area contributed by atoms with Crippen molar-refractivity contribution in [2.24, 2.45) is 0 Å². The lowest BCUT2D eigenvalue weighted by Gasteiger charge is -2.33. The number of fused-ring (bicyclic) bond motifs is 5. The molecule has 2 aliphatic heterocycles. The number of carbonyl (C=O) groups excluding carboxylic acids is 2. The standard InChI is InChI=1S/C28H35F3N6O3/c1-15(38)33-20-7-5-6-8-21(20)35-24-19(28(29,30)31)14-32-25(36-24)34-16-9-10-17-18(13-16)23-12-11-22(17)37(23)26(39)40-27(2,3)4/h9-10,13-14,20-23H,5-8,11-12H2,1-4H3,(H,33,38)(H2,32,34,35,36)/t20-,21-,22?,23?/m1/s1. The monoisotopic (exact) mass is 560 g/mol. The Morgan fingerprint density at radius 2 is 1.68 bits per heavy atom. The van der Waals surface area contributed by atoms with E-state index in [1.165, 1.54) is 6.92 Å². The molecule has 2 amide bonds. The van der Waals surface area contributed by atoms with Gasteiger partial charge in [-0.2, -0.15) is 18.2 Å². The molecule has 1 aromatic carbocycles. The Kier molecular flexibility index (Phi) is 7.30. The largest absolute Gasteiger partial charge is 0.444 e. The van der Waals surface area contributed by atoms with E-state index in [1.54, 1.807) is 4.90 Å². The maximum absolute atomic E-state index is 13.9. The minimum Gasteiger partial charge on any atom is -0.444 e. The molecule has 3 N–H and O–H groups in total. The van der Waals surface area contributed by atoms with Gasteiger partial charge in [0, 0.05) is 30.9 Å². The topological polar surface area (TPSA) is 108 Å². The normalized spacial score (nSPS) is 23.9. The summed E-state index contributed by atoms with van der Waals surface area (Å²) in [6.07, 6.45) is 0.421. The summed E-state index contributed by atoms with van der Waals surface area (Å²) in [5, 5.41) is 8.84. The molecule has 0 spiro atoms. The first kappa shape index (κ1) is 28.0. The SMILES string of the molecule is CC(=O)N[C@@H]1CCCC[C@H]1Nc1nc(Nc2ccc3c(c2)C2CCC3N2C(=O)OC(C)(C)C)ncc1C(F)(F)F. The van der Waals surface area contributed by atoms with Crippen LogP contribution in [-0.4, -0.2) is 44.6 Å². The quantitative estimate of drug-likeness (QED) is 0.398. The van der Waals surface area contributed by atoms with E-state index in [9.17, 15) is 22.8 Å². The van der Waals surface area contributed by atoms with Crippen LogP contribution in [0.1, 0.15) is 95.0 Å². The zero-order chi connectivity index (χ0) is 28.8. The highest BCUT2D eigenvalue weighted by molar-refractivity contribution is 5.74. The molecule has 2 aromatic rings. The summed E-state index contributed by atoms with van der Waals surface area (Å²) in [7, 11) is 0. The number of ether oxygens (including phenoxy) is 1. The molecule has 3 heterocycles. The van der Waals surface area contributed by atoms with Crippen LogP contribution in [0, 0.1) is 0 Å². The highest BCUT2D eigenvalue weighted by Gasteiger charge is 2.48. The van der Waals surface area contributed by atoms with Gasteiger partial charge in [0.15, 0.2) is 0 Å². The van der Waals surface area contributed by atoms with E-state index in [1.807, 2.05) is 39.0 Å². The third-order valence-electron chi connectivity index (χ3n) is 7.62. The molecule has 3 aliphatic rings. The molecule has 2 unspecified atom stereocenters. The van der Waals surface area contributed by atoms with Crippen LogP contribution in [0.5, 0.6) is 0 Å². The van der Waals surface area contributed by atoms with Crippen LogP contribution in [0.4, 0.5) is 35.4 Å². The summed E-state index contributed by atoms with van der Waals surface area (Å²) >= 11 is 0. The molecule has 1 saturated heterocycles. The van der Waals surface area contributed by atoms with Gasteiger partial charge in [-0.15, -0.1) is 0 Å². The number of halogens is 3. The fraction of sp³-hybridized carbons (Fsp3) is 0.571. The summed E-state index contributed by atoms with van der Waals surface area (Å²) in [6.45, 7) is 6.90. The van der Waals surface area contributed by atoms with Gasteiger partial charge in [0.25, 0.3) is 0 Å². The summed E-state index contributed by atoms with van der Waals surface area (Å²) in [4.78, 5) is 34.5. The van der Waals surface area contributed by atoms with Crippen LogP contribution in [0.3, 0.4) is 0 Å². The van der Waals surface area contributed by atoms with Crippen molar-refractivity contribution in [3.63, 3.8) is 0 Å². The van der Waals surface area contributed by atoms with Crippen LogP contribution in [0.15, 0.2) is 24.4 Å². The molecule has 5 rings (SSSR count). The van der Waals surface area contributed by atoms with Gasteiger partial charge in [-0.05, 0) is 69.7 Å². The number of hydrogen-bond donors (Lipinski definition) is 3. The highest BCUT2D eigenvalue weighted by atomic mass is 19.4. The molecule has 2 bridgehead atoms. The number of nitrogens with one attached hydrogen (secondary N) is 3. The maximum atomic E-state index is 13.9. The lowest BCUT2D eigenvalue weighted by Crippen LogP contribution is -2.48. The second-order valence-corrected chi connectivity index (χ2v) is 11.8. The van der Waals surface area contributed by atoms with Crippen molar-refractivity contribution >= 4 is 29.5 Å². The molecule has 1 aliphatic carbocycles. The van der Waals surface area contributed by atoms with Crippen molar-refractivity contribution in [3.8, 4) is 0 Å². The average molecular weight is 561 g/mol. The molecular formula is C28H35F3N6O3. The summed E-state index contributed by atoms with van der Waals surface area (Å²) in [5.74, 6) is -0.548. The zero-order valence-electron chi connectivity index (χ0n) is 23.1. The van der Waals surface area contributed by atoms with Gasteiger partial charge in [0.1, 0.15) is 17.0 Å². The van der Waals surface area contributed by atoms with Crippen molar-refractivity contribution in [3.05, 3.63) is 41.1 Å². The molecule has 12 heteroatoms. The fourth-order valence-electron chi connectivity index (χ4n) is 6.04. The summed E-state index contributed by atoms with van der Waals surface area (Å²) in [5.41, 5.74) is 1.06. The Hall–Kier alpha value is -3.57. The predicted molar refractivity (Wildman–Crippen MR) is 143 cm³/mol. The molecule has 9 nitrogen and oxygen atoms in total. The lowest BCUT2D eigenvalue weighted by atomic mass is 9.90. The molecule has 4 atom stereocenters. The van der Waals surface area contributed by atoms with Crippen LogP contribution in [0.25, 0.3) is 0 Å². The van der Waals surface area contributed by atoms with Gasteiger partial charge in [-0.1, -0.05) is 18.9 Å². The zero-order valence-corrected chi connectivity index (χ0v) is 23.1. The van der Waals surface area contributed by atoms with Crippen LogP contribution in [-0.2, 0) is 15.7 Å². The molecule has 0 radical (unpaired) electrons. The Bertz CT molecular complexity index is 1300. The lowest BCUT2D eigenvalue weighted by molar-refractivity contribution is -0.137. The van der Waals surface area contributed by atoms with Crippen LogP contribution < -0.4 is 16.0 Å². The van der Waals surface area contributed by atoms with Crippen molar-refractivity contribution in [1.82, 2.24) is 20.2 Å². The van der Waals surface area contributed by atoms with Crippen molar-refractivity contribution in [2.75, 3.05) is 10.6 Å². The van der Waals surface area contributed by atoms with E-state index >= 15 is 0 Å². The van der Waals surface area contributed by atoms with Gasteiger partial charge >= 0.3 is 12.3 Å².